The Bertz CT molecular complexity index is 1390. The number of allylic oxidation sites excluding steroid dienone is 1. The molecule has 0 saturated carbocycles. The number of fused-ring (bicyclic) bond motifs is 1. The van der Waals surface area contributed by atoms with Crippen molar-refractivity contribution in [3.8, 4) is 34.8 Å². The second kappa shape index (κ2) is 12.1. The highest BCUT2D eigenvalue weighted by atomic mass is 16.5. The monoisotopic (exact) mass is 514 g/mol. The Balaban J connectivity index is 1.63. The largest absolute Gasteiger partial charge is 0.497 e. The number of methoxy groups -OCH3 is 2. The summed E-state index contributed by atoms with van der Waals surface area (Å²) in [4.78, 5) is 12.7. The first-order valence-corrected chi connectivity index (χ1v) is 12.4. The lowest BCUT2D eigenvalue weighted by Crippen LogP contribution is -2.21. The maximum Gasteiger partial charge on any atom is 0.343 e. The first-order chi connectivity index (χ1) is 18.5. The molecule has 1 heterocycles. The minimum Gasteiger partial charge on any atom is -0.497 e. The lowest BCUT2D eigenvalue weighted by atomic mass is 9.83. The van der Waals surface area contributed by atoms with Gasteiger partial charge in [0, 0.05) is 11.6 Å². The molecule has 0 spiro atoms. The molecular weight excluding hydrogens is 484 g/mol. The van der Waals surface area contributed by atoms with Gasteiger partial charge in [-0.25, -0.2) is 4.79 Å². The fourth-order valence-electron chi connectivity index (χ4n) is 4.28. The number of benzene rings is 3. The predicted molar refractivity (Wildman–Crippen MR) is 142 cm³/mol. The Morgan fingerprint density at radius 1 is 1.00 bits per heavy atom. The van der Waals surface area contributed by atoms with Gasteiger partial charge in [0.1, 0.15) is 28.9 Å². The summed E-state index contributed by atoms with van der Waals surface area (Å²) >= 11 is 0. The molecule has 0 amide bonds. The zero-order valence-corrected chi connectivity index (χ0v) is 21.7. The maximum atomic E-state index is 12.7. The highest BCUT2D eigenvalue weighted by molar-refractivity contribution is 5.91. The quantitative estimate of drug-likeness (QED) is 0.208. The predicted octanol–water partition coefficient (Wildman–Crippen LogP) is 5.71. The van der Waals surface area contributed by atoms with E-state index in [1.807, 2.05) is 18.2 Å². The van der Waals surface area contributed by atoms with E-state index in [1.54, 1.807) is 49.6 Å². The summed E-state index contributed by atoms with van der Waals surface area (Å²) in [6.07, 6.45) is 3.15. The smallest absolute Gasteiger partial charge is 0.343 e. The van der Waals surface area contributed by atoms with Crippen LogP contribution in [0.5, 0.6) is 28.7 Å². The van der Waals surface area contributed by atoms with E-state index in [0.29, 0.717) is 40.7 Å². The SMILES string of the molecule is CCCCCOc1ccc(C2C(C#N)=C(N)Oc3cc(OC(=O)c4cccc(OC)c4)ccc32)cc1OC. The fraction of sp³-hybridized carbons (Fsp3) is 0.267. The van der Waals surface area contributed by atoms with Crippen LogP contribution >= 0.6 is 0 Å². The fourth-order valence-corrected chi connectivity index (χ4v) is 4.28. The molecule has 0 aliphatic carbocycles. The molecular formula is C30H30N2O6. The van der Waals surface area contributed by atoms with Crippen LogP contribution in [0.15, 0.2) is 72.1 Å². The van der Waals surface area contributed by atoms with Crippen molar-refractivity contribution in [3.63, 3.8) is 0 Å². The van der Waals surface area contributed by atoms with Gasteiger partial charge in [-0.3, -0.25) is 0 Å². The molecule has 1 atom stereocenters. The summed E-state index contributed by atoms with van der Waals surface area (Å²) in [7, 11) is 3.10. The first-order valence-electron chi connectivity index (χ1n) is 12.4. The lowest BCUT2D eigenvalue weighted by Gasteiger charge is -2.27. The first kappa shape index (κ1) is 26.4. The maximum absolute atomic E-state index is 12.7. The molecule has 3 aromatic carbocycles. The molecule has 4 rings (SSSR count). The van der Waals surface area contributed by atoms with Crippen LogP contribution in [0.25, 0.3) is 0 Å². The van der Waals surface area contributed by atoms with Gasteiger partial charge in [-0.15, -0.1) is 0 Å². The summed E-state index contributed by atoms with van der Waals surface area (Å²) in [5.41, 5.74) is 8.27. The zero-order chi connectivity index (χ0) is 27.1. The number of ether oxygens (including phenoxy) is 5. The van der Waals surface area contributed by atoms with Gasteiger partial charge in [0.05, 0.1) is 32.3 Å². The number of carbonyl (C=O) groups is 1. The molecule has 8 heteroatoms. The Labute approximate surface area is 222 Å². The highest BCUT2D eigenvalue weighted by Crippen LogP contribution is 2.45. The van der Waals surface area contributed by atoms with E-state index in [1.165, 1.54) is 7.11 Å². The minimum atomic E-state index is -0.545. The third-order valence-electron chi connectivity index (χ3n) is 6.23. The second-order valence-electron chi connectivity index (χ2n) is 8.71. The number of nitriles is 1. The summed E-state index contributed by atoms with van der Waals surface area (Å²) < 4.78 is 28.0. The molecule has 1 unspecified atom stereocenters. The zero-order valence-electron chi connectivity index (χ0n) is 21.7. The number of nitrogens with zero attached hydrogens (tertiary/aromatic N) is 1. The molecule has 1 aliphatic rings. The van der Waals surface area contributed by atoms with Crippen molar-refractivity contribution < 1.29 is 28.5 Å². The van der Waals surface area contributed by atoms with E-state index in [2.05, 4.69) is 13.0 Å². The van der Waals surface area contributed by atoms with Crippen LogP contribution in [-0.4, -0.2) is 26.8 Å². The molecule has 0 bridgehead atoms. The van der Waals surface area contributed by atoms with Crippen LogP contribution < -0.4 is 29.4 Å². The number of carbonyl (C=O) groups excluding carboxylic acids is 1. The van der Waals surface area contributed by atoms with Gasteiger partial charge in [-0.1, -0.05) is 38.0 Å². The lowest BCUT2D eigenvalue weighted by molar-refractivity contribution is 0.0734. The number of unbranched alkanes of at least 4 members (excludes halogenated alkanes) is 2. The third-order valence-corrected chi connectivity index (χ3v) is 6.23. The van der Waals surface area contributed by atoms with Crippen LogP contribution in [0.2, 0.25) is 0 Å². The van der Waals surface area contributed by atoms with Gasteiger partial charge < -0.3 is 29.4 Å². The molecule has 38 heavy (non-hydrogen) atoms. The third kappa shape index (κ3) is 5.68. The van der Waals surface area contributed by atoms with Crippen LogP contribution in [-0.2, 0) is 0 Å². The molecule has 0 saturated heterocycles. The standard InChI is InChI=1S/C30H30N2O6/c1-4-5-6-14-36-25-13-10-19(16-27(25)35-3)28-23-12-11-22(17-26(23)38-29(32)24(28)18-31)37-30(33)20-8-7-9-21(15-20)34-2/h7-13,15-17,28H,4-6,14,32H2,1-3H3. The molecule has 0 aromatic heterocycles. The summed E-state index contributed by atoms with van der Waals surface area (Å²) in [6, 6.07) is 19.4. The molecule has 196 valence electrons. The van der Waals surface area contributed by atoms with E-state index in [-0.39, 0.29) is 17.2 Å². The van der Waals surface area contributed by atoms with Crippen LogP contribution in [0.3, 0.4) is 0 Å². The highest BCUT2D eigenvalue weighted by Gasteiger charge is 2.32. The number of hydrogen-bond acceptors (Lipinski definition) is 8. The van der Waals surface area contributed by atoms with E-state index >= 15 is 0 Å². The van der Waals surface area contributed by atoms with E-state index in [0.717, 1.165) is 24.8 Å². The molecule has 3 aromatic rings. The van der Waals surface area contributed by atoms with Crippen LogP contribution in [0.1, 0.15) is 53.6 Å². The van der Waals surface area contributed by atoms with Crippen molar-refractivity contribution in [1.29, 1.82) is 5.26 Å². The van der Waals surface area contributed by atoms with Crippen molar-refractivity contribution in [3.05, 3.63) is 88.8 Å². The van der Waals surface area contributed by atoms with Crippen molar-refractivity contribution in [1.82, 2.24) is 0 Å². The topological polar surface area (TPSA) is 113 Å². The van der Waals surface area contributed by atoms with E-state index in [4.69, 9.17) is 29.4 Å². The summed E-state index contributed by atoms with van der Waals surface area (Å²) in [5.74, 6) is 1.34. The van der Waals surface area contributed by atoms with Crippen LogP contribution in [0.4, 0.5) is 0 Å². The molecule has 1 aliphatic heterocycles. The number of nitrogens with two attached hydrogens (primary N) is 1. The summed E-state index contributed by atoms with van der Waals surface area (Å²) in [6.45, 7) is 2.73. The van der Waals surface area contributed by atoms with Crippen molar-refractivity contribution in [2.24, 2.45) is 5.73 Å². The average molecular weight is 515 g/mol. The Hall–Kier alpha value is -4.64. The Morgan fingerprint density at radius 3 is 2.58 bits per heavy atom. The van der Waals surface area contributed by atoms with Gasteiger partial charge in [0.15, 0.2) is 11.5 Å². The van der Waals surface area contributed by atoms with E-state index in [9.17, 15) is 10.1 Å². The number of hydrogen-bond donors (Lipinski definition) is 1. The Kier molecular flexibility index (Phi) is 8.39. The molecule has 0 radical (unpaired) electrons. The average Bonchev–Trinajstić information content (AvgIpc) is 2.94. The van der Waals surface area contributed by atoms with Gasteiger partial charge in [0.2, 0.25) is 5.88 Å². The Morgan fingerprint density at radius 2 is 1.84 bits per heavy atom. The van der Waals surface area contributed by atoms with Crippen molar-refractivity contribution in [2.75, 3.05) is 20.8 Å². The van der Waals surface area contributed by atoms with Gasteiger partial charge in [0.25, 0.3) is 0 Å². The summed E-state index contributed by atoms with van der Waals surface area (Å²) in [5, 5.41) is 9.91. The van der Waals surface area contributed by atoms with Crippen molar-refractivity contribution >= 4 is 5.97 Å². The van der Waals surface area contributed by atoms with E-state index < -0.39 is 11.9 Å². The molecule has 8 nitrogen and oxygen atoms in total. The second-order valence-corrected chi connectivity index (χ2v) is 8.71. The molecule has 2 N–H and O–H groups in total. The van der Waals surface area contributed by atoms with Crippen LogP contribution in [0, 0.1) is 11.3 Å². The van der Waals surface area contributed by atoms with Gasteiger partial charge >= 0.3 is 5.97 Å². The molecule has 0 fully saturated rings. The number of rotatable bonds is 10. The van der Waals surface area contributed by atoms with Gasteiger partial charge in [-0.2, -0.15) is 5.26 Å². The minimum absolute atomic E-state index is 0.0138. The number of esters is 1. The normalized spacial score (nSPS) is 14.1. The van der Waals surface area contributed by atoms with Crippen molar-refractivity contribution in [2.45, 2.75) is 32.1 Å². The van der Waals surface area contributed by atoms with Gasteiger partial charge in [-0.05, 0) is 48.4 Å².